The third-order valence-electron chi connectivity index (χ3n) is 4.36. The van der Waals surface area contributed by atoms with Crippen molar-refractivity contribution >= 4 is 21.6 Å². The summed E-state index contributed by atoms with van der Waals surface area (Å²) in [5.74, 6) is -0.671. The molecule has 152 valence electrons. The first-order chi connectivity index (χ1) is 13.6. The van der Waals surface area contributed by atoms with E-state index in [2.05, 4.69) is 15.1 Å². The maximum Gasteiger partial charge on any atom is 0.251 e. The summed E-state index contributed by atoms with van der Waals surface area (Å²) in [4.78, 5) is 12.6. The standard InChI is InChI=1S/C20H21FN4O3S/c1-13(19-12-22-25(14(19)2)18-9-7-16(21)8-10-18)23-20(26)15-5-4-6-17(11-15)24-29(3,27)28/h4-13,24H,1-3H3,(H,23,26)/t13-/m1/s1. The number of nitrogens with one attached hydrogen (secondary N) is 2. The molecule has 7 nitrogen and oxygen atoms in total. The topological polar surface area (TPSA) is 93.1 Å². The van der Waals surface area contributed by atoms with Crippen LogP contribution in [0.15, 0.2) is 54.7 Å². The highest BCUT2D eigenvalue weighted by atomic mass is 32.2. The molecule has 0 radical (unpaired) electrons. The fourth-order valence-corrected chi connectivity index (χ4v) is 3.54. The van der Waals surface area contributed by atoms with E-state index in [0.717, 1.165) is 17.5 Å². The maximum absolute atomic E-state index is 13.1. The van der Waals surface area contributed by atoms with Crippen LogP contribution in [0.2, 0.25) is 0 Å². The van der Waals surface area contributed by atoms with Crippen LogP contribution in [0.4, 0.5) is 10.1 Å². The summed E-state index contributed by atoms with van der Waals surface area (Å²) in [6.45, 7) is 3.69. The minimum Gasteiger partial charge on any atom is -0.345 e. The molecule has 0 spiro atoms. The number of aromatic nitrogens is 2. The Bertz CT molecular complexity index is 1140. The molecule has 3 aromatic rings. The fraction of sp³-hybridized carbons (Fsp3) is 0.200. The Balaban J connectivity index is 1.77. The van der Waals surface area contributed by atoms with Gasteiger partial charge in [0.15, 0.2) is 0 Å². The van der Waals surface area contributed by atoms with Crippen molar-refractivity contribution in [3.05, 3.63) is 77.4 Å². The summed E-state index contributed by atoms with van der Waals surface area (Å²) >= 11 is 0. The van der Waals surface area contributed by atoms with E-state index in [1.807, 2.05) is 13.8 Å². The molecule has 3 rings (SSSR count). The van der Waals surface area contributed by atoms with Gasteiger partial charge in [0, 0.05) is 22.5 Å². The molecule has 1 heterocycles. The first kappa shape index (κ1) is 20.5. The number of halogens is 1. The van der Waals surface area contributed by atoms with E-state index in [9.17, 15) is 17.6 Å². The van der Waals surface area contributed by atoms with Crippen molar-refractivity contribution < 1.29 is 17.6 Å². The largest absolute Gasteiger partial charge is 0.345 e. The Morgan fingerprint density at radius 2 is 1.86 bits per heavy atom. The number of carbonyl (C=O) groups excluding carboxylic acids is 1. The Morgan fingerprint density at radius 3 is 2.52 bits per heavy atom. The highest BCUT2D eigenvalue weighted by molar-refractivity contribution is 7.92. The van der Waals surface area contributed by atoms with Crippen molar-refractivity contribution in [2.45, 2.75) is 19.9 Å². The number of rotatable bonds is 6. The van der Waals surface area contributed by atoms with Gasteiger partial charge in [0.2, 0.25) is 10.0 Å². The number of anilines is 1. The van der Waals surface area contributed by atoms with Crippen LogP contribution in [0.5, 0.6) is 0 Å². The smallest absolute Gasteiger partial charge is 0.251 e. The lowest BCUT2D eigenvalue weighted by molar-refractivity contribution is 0.0940. The maximum atomic E-state index is 13.1. The van der Waals surface area contributed by atoms with Crippen LogP contribution in [-0.2, 0) is 10.0 Å². The predicted octanol–water partition coefficient (Wildman–Crippen LogP) is 3.18. The SMILES string of the molecule is Cc1c([C@@H](C)NC(=O)c2cccc(NS(C)(=O)=O)c2)cnn1-c1ccc(F)cc1. The van der Waals surface area contributed by atoms with Crippen molar-refractivity contribution in [2.24, 2.45) is 0 Å². The number of carbonyl (C=O) groups is 1. The Kier molecular flexibility index (Phi) is 5.69. The number of hydrogen-bond donors (Lipinski definition) is 2. The minimum absolute atomic E-state index is 0.313. The van der Waals surface area contributed by atoms with Crippen LogP contribution in [0, 0.1) is 12.7 Å². The van der Waals surface area contributed by atoms with Gasteiger partial charge >= 0.3 is 0 Å². The summed E-state index contributed by atoms with van der Waals surface area (Å²) in [5.41, 5.74) is 2.99. The summed E-state index contributed by atoms with van der Waals surface area (Å²) in [7, 11) is -3.43. The molecule has 1 aromatic heterocycles. The molecule has 0 saturated heterocycles. The number of amides is 1. The Labute approximate surface area is 168 Å². The van der Waals surface area contributed by atoms with E-state index < -0.39 is 10.0 Å². The molecule has 29 heavy (non-hydrogen) atoms. The molecule has 0 saturated carbocycles. The zero-order valence-electron chi connectivity index (χ0n) is 16.2. The van der Waals surface area contributed by atoms with Gasteiger partial charge in [-0.05, 0) is 56.3 Å². The zero-order valence-corrected chi connectivity index (χ0v) is 17.0. The molecule has 9 heteroatoms. The van der Waals surface area contributed by atoms with Crippen LogP contribution < -0.4 is 10.0 Å². The second kappa shape index (κ2) is 8.04. The van der Waals surface area contributed by atoms with E-state index in [0.29, 0.717) is 16.9 Å². The third-order valence-corrected chi connectivity index (χ3v) is 4.97. The molecule has 0 aliphatic heterocycles. The monoisotopic (exact) mass is 416 g/mol. The quantitative estimate of drug-likeness (QED) is 0.645. The van der Waals surface area contributed by atoms with Crippen molar-refractivity contribution in [1.82, 2.24) is 15.1 Å². The minimum atomic E-state index is -3.43. The van der Waals surface area contributed by atoms with Crippen LogP contribution in [0.1, 0.15) is 34.6 Å². The molecule has 0 aliphatic carbocycles. The fourth-order valence-electron chi connectivity index (χ4n) is 2.99. The van der Waals surface area contributed by atoms with Crippen molar-refractivity contribution in [3.8, 4) is 5.69 Å². The second-order valence-corrected chi connectivity index (χ2v) is 8.47. The molecule has 2 aromatic carbocycles. The van der Waals surface area contributed by atoms with Gasteiger partial charge in [-0.15, -0.1) is 0 Å². The van der Waals surface area contributed by atoms with Crippen LogP contribution in [0.3, 0.4) is 0 Å². The second-order valence-electron chi connectivity index (χ2n) is 6.72. The van der Waals surface area contributed by atoms with E-state index in [-0.39, 0.29) is 17.8 Å². The average molecular weight is 416 g/mol. The highest BCUT2D eigenvalue weighted by Gasteiger charge is 2.17. The number of hydrogen-bond acceptors (Lipinski definition) is 4. The lowest BCUT2D eigenvalue weighted by Crippen LogP contribution is -2.27. The summed E-state index contributed by atoms with van der Waals surface area (Å²) < 4.78 is 39.9. The van der Waals surface area contributed by atoms with Gasteiger partial charge in [0.05, 0.1) is 24.2 Å². The van der Waals surface area contributed by atoms with Crippen LogP contribution in [0.25, 0.3) is 5.69 Å². The van der Waals surface area contributed by atoms with E-state index in [4.69, 9.17) is 0 Å². The highest BCUT2D eigenvalue weighted by Crippen LogP contribution is 2.21. The molecule has 0 fully saturated rings. The lowest BCUT2D eigenvalue weighted by atomic mass is 10.1. The number of nitrogens with zero attached hydrogens (tertiary/aromatic N) is 2. The van der Waals surface area contributed by atoms with Gasteiger partial charge in [-0.25, -0.2) is 17.5 Å². The van der Waals surface area contributed by atoms with Gasteiger partial charge in [0.25, 0.3) is 5.91 Å². The third kappa shape index (κ3) is 5.00. The van der Waals surface area contributed by atoms with E-state index >= 15 is 0 Å². The molecular weight excluding hydrogens is 395 g/mol. The van der Waals surface area contributed by atoms with Crippen molar-refractivity contribution in [2.75, 3.05) is 11.0 Å². The van der Waals surface area contributed by atoms with Gasteiger partial charge in [-0.2, -0.15) is 5.10 Å². The summed E-state index contributed by atoms with van der Waals surface area (Å²) in [6.07, 6.45) is 2.70. The number of sulfonamides is 1. The van der Waals surface area contributed by atoms with E-state index in [1.165, 1.54) is 18.2 Å². The van der Waals surface area contributed by atoms with Gasteiger partial charge in [0.1, 0.15) is 5.82 Å². The molecule has 2 N–H and O–H groups in total. The molecule has 0 bridgehead atoms. The van der Waals surface area contributed by atoms with Gasteiger partial charge in [-0.3, -0.25) is 9.52 Å². The molecule has 0 unspecified atom stereocenters. The first-order valence-electron chi connectivity index (χ1n) is 8.83. The van der Waals surface area contributed by atoms with Crippen molar-refractivity contribution in [3.63, 3.8) is 0 Å². The van der Waals surface area contributed by atoms with Gasteiger partial charge in [-0.1, -0.05) is 6.07 Å². The summed E-state index contributed by atoms with van der Waals surface area (Å²) in [5, 5.41) is 7.23. The van der Waals surface area contributed by atoms with Crippen molar-refractivity contribution in [1.29, 1.82) is 0 Å². The average Bonchev–Trinajstić information content (AvgIpc) is 3.02. The number of benzene rings is 2. The van der Waals surface area contributed by atoms with E-state index in [1.54, 1.807) is 41.2 Å². The van der Waals surface area contributed by atoms with Gasteiger partial charge < -0.3 is 5.32 Å². The lowest BCUT2D eigenvalue weighted by Gasteiger charge is -2.15. The molecular formula is C20H21FN4O3S. The molecule has 1 atom stereocenters. The molecule has 0 aliphatic rings. The normalized spacial score (nSPS) is 12.4. The summed E-state index contributed by atoms with van der Waals surface area (Å²) in [6, 6.07) is 11.9. The molecule has 1 amide bonds. The van der Waals surface area contributed by atoms with Crippen LogP contribution >= 0.6 is 0 Å². The Morgan fingerprint density at radius 1 is 1.17 bits per heavy atom. The predicted molar refractivity (Wildman–Crippen MR) is 109 cm³/mol. The zero-order chi connectivity index (χ0) is 21.2. The Hall–Kier alpha value is -3.20. The first-order valence-corrected chi connectivity index (χ1v) is 10.7. The van der Waals surface area contributed by atoms with Crippen LogP contribution in [-0.4, -0.2) is 30.4 Å².